The van der Waals surface area contributed by atoms with E-state index >= 15 is 0 Å². The van der Waals surface area contributed by atoms with Crippen LogP contribution in [-0.4, -0.2) is 19.9 Å². The maximum Gasteiger partial charge on any atom is 0.171 e. The zero-order valence-corrected chi connectivity index (χ0v) is 10.9. The van der Waals surface area contributed by atoms with Crippen LogP contribution < -0.4 is 5.73 Å². The van der Waals surface area contributed by atoms with E-state index in [0.29, 0.717) is 5.82 Å². The molecule has 6 heteroatoms. The van der Waals surface area contributed by atoms with Crippen molar-refractivity contribution in [3.63, 3.8) is 0 Å². The lowest BCUT2D eigenvalue weighted by Crippen LogP contribution is -2.05. The quantitative estimate of drug-likeness (QED) is 0.816. The number of nitrogens with one attached hydrogen (secondary N) is 1. The fourth-order valence-electron chi connectivity index (χ4n) is 1.29. The Bertz CT molecular complexity index is 507. The summed E-state index contributed by atoms with van der Waals surface area (Å²) in [6, 6.07) is 0. The molecule has 0 fully saturated rings. The molecule has 0 spiro atoms. The lowest BCUT2D eigenvalue weighted by atomic mass is 10.2. The average Bonchev–Trinajstić information content (AvgIpc) is 2.77. The van der Waals surface area contributed by atoms with Crippen molar-refractivity contribution in [2.75, 3.05) is 5.73 Å². The van der Waals surface area contributed by atoms with Gasteiger partial charge in [-0.05, 0) is 18.7 Å². The molecule has 0 aliphatic carbocycles. The fourth-order valence-corrected chi connectivity index (χ4v) is 2.11. The van der Waals surface area contributed by atoms with Gasteiger partial charge in [-0.2, -0.15) is 0 Å². The zero-order chi connectivity index (χ0) is 12.4. The first-order chi connectivity index (χ1) is 8.08. The number of imidazole rings is 1. The van der Waals surface area contributed by atoms with Crippen LogP contribution in [0.3, 0.4) is 0 Å². The second kappa shape index (κ2) is 4.75. The Kier molecular flexibility index (Phi) is 3.33. The molecule has 90 valence electrons. The molecule has 0 atom stereocenters. The van der Waals surface area contributed by atoms with E-state index in [4.69, 9.17) is 5.73 Å². The van der Waals surface area contributed by atoms with Crippen LogP contribution in [0.2, 0.25) is 0 Å². The summed E-state index contributed by atoms with van der Waals surface area (Å²) in [5.41, 5.74) is 6.79. The van der Waals surface area contributed by atoms with Crippen LogP contribution in [0.15, 0.2) is 22.6 Å². The summed E-state index contributed by atoms with van der Waals surface area (Å²) in [7, 11) is 0. The molecular weight excluding hydrogens is 234 g/mol. The predicted octanol–water partition coefficient (Wildman–Crippen LogP) is 2.36. The van der Waals surface area contributed by atoms with E-state index in [2.05, 4.69) is 19.9 Å². The Morgan fingerprint density at radius 2 is 2.12 bits per heavy atom. The summed E-state index contributed by atoms with van der Waals surface area (Å²) in [6.45, 7) is 6.02. The largest absolute Gasteiger partial charge is 0.383 e. The van der Waals surface area contributed by atoms with Gasteiger partial charge in [-0.25, -0.2) is 15.0 Å². The fraction of sp³-hybridized carbons (Fsp3) is 0.364. The molecule has 0 aliphatic rings. The number of nitrogens with two attached hydrogens (primary N) is 1. The maximum atomic E-state index is 5.89. The third-order valence-electron chi connectivity index (χ3n) is 2.34. The summed E-state index contributed by atoms with van der Waals surface area (Å²) < 4.78 is 0. The number of hydrogen-bond acceptors (Lipinski definition) is 5. The van der Waals surface area contributed by atoms with E-state index in [9.17, 15) is 0 Å². The molecular formula is C11H15N5S. The molecule has 2 aromatic rings. The number of nitrogens with zero attached hydrogens (tertiary/aromatic N) is 3. The van der Waals surface area contributed by atoms with E-state index in [1.54, 1.807) is 12.4 Å². The van der Waals surface area contributed by atoms with Crippen LogP contribution in [0.1, 0.15) is 31.2 Å². The highest BCUT2D eigenvalue weighted by molar-refractivity contribution is 7.99. The highest BCUT2D eigenvalue weighted by atomic mass is 32.2. The van der Waals surface area contributed by atoms with Crippen molar-refractivity contribution in [1.29, 1.82) is 0 Å². The van der Waals surface area contributed by atoms with Crippen molar-refractivity contribution in [3.8, 4) is 0 Å². The summed E-state index contributed by atoms with van der Waals surface area (Å²) in [5, 5.41) is 1.66. The molecule has 0 radical (unpaired) electrons. The zero-order valence-electron chi connectivity index (χ0n) is 10.1. The lowest BCUT2D eigenvalue weighted by Gasteiger charge is -2.10. The minimum atomic E-state index is 0.258. The van der Waals surface area contributed by atoms with Gasteiger partial charge in [0, 0.05) is 23.9 Å². The van der Waals surface area contributed by atoms with Gasteiger partial charge in [0.2, 0.25) is 0 Å². The van der Waals surface area contributed by atoms with Crippen LogP contribution in [-0.2, 0) is 0 Å². The second-order valence-electron chi connectivity index (χ2n) is 4.05. The molecule has 0 bridgehead atoms. The van der Waals surface area contributed by atoms with E-state index < -0.39 is 0 Å². The standard InChI is InChI=1S/C11H15N5S/c1-6(2)9-15-8(12)7(3)10(16-9)17-11-13-4-5-14-11/h4-6H,1-3H3,(H,13,14)(H2,12,15,16). The van der Waals surface area contributed by atoms with E-state index in [-0.39, 0.29) is 5.92 Å². The summed E-state index contributed by atoms with van der Waals surface area (Å²) in [5.74, 6) is 1.56. The SMILES string of the molecule is Cc1c(N)nc(C(C)C)nc1Sc1ncc[nH]1. The number of nitrogen functional groups attached to an aromatic ring is 1. The minimum Gasteiger partial charge on any atom is -0.383 e. The number of rotatable bonds is 3. The molecule has 0 saturated carbocycles. The molecule has 2 rings (SSSR count). The van der Waals surface area contributed by atoms with Gasteiger partial charge < -0.3 is 10.7 Å². The average molecular weight is 249 g/mol. The number of anilines is 1. The first-order valence-corrected chi connectivity index (χ1v) is 6.21. The molecule has 17 heavy (non-hydrogen) atoms. The van der Waals surface area contributed by atoms with Crippen molar-refractivity contribution in [1.82, 2.24) is 19.9 Å². The van der Waals surface area contributed by atoms with Gasteiger partial charge in [-0.15, -0.1) is 0 Å². The van der Waals surface area contributed by atoms with Crippen LogP contribution >= 0.6 is 11.8 Å². The van der Waals surface area contributed by atoms with Gasteiger partial charge in [-0.1, -0.05) is 13.8 Å². The lowest BCUT2D eigenvalue weighted by molar-refractivity contribution is 0.750. The number of H-pyrrole nitrogens is 1. The Balaban J connectivity index is 2.38. The maximum absolute atomic E-state index is 5.89. The summed E-state index contributed by atoms with van der Waals surface area (Å²) in [4.78, 5) is 16.0. The van der Waals surface area contributed by atoms with Crippen molar-refractivity contribution < 1.29 is 0 Å². The highest BCUT2D eigenvalue weighted by Gasteiger charge is 2.13. The van der Waals surface area contributed by atoms with Crippen molar-refractivity contribution in [2.45, 2.75) is 36.9 Å². The van der Waals surface area contributed by atoms with E-state index in [1.807, 2.05) is 20.8 Å². The Morgan fingerprint density at radius 1 is 1.35 bits per heavy atom. The van der Waals surface area contributed by atoms with Gasteiger partial charge >= 0.3 is 0 Å². The monoisotopic (exact) mass is 249 g/mol. The van der Waals surface area contributed by atoms with Gasteiger partial charge in [0.1, 0.15) is 16.7 Å². The molecule has 2 heterocycles. The van der Waals surface area contributed by atoms with E-state index in [1.165, 1.54) is 11.8 Å². The van der Waals surface area contributed by atoms with Crippen LogP contribution in [0.5, 0.6) is 0 Å². The number of aromatic amines is 1. The van der Waals surface area contributed by atoms with E-state index in [0.717, 1.165) is 21.6 Å². The minimum absolute atomic E-state index is 0.258. The first-order valence-electron chi connectivity index (χ1n) is 5.39. The van der Waals surface area contributed by atoms with Crippen LogP contribution in [0, 0.1) is 6.92 Å². The van der Waals surface area contributed by atoms with Crippen LogP contribution in [0.4, 0.5) is 5.82 Å². The Labute approximate surface area is 104 Å². The number of aromatic nitrogens is 4. The third-order valence-corrected chi connectivity index (χ3v) is 3.35. The van der Waals surface area contributed by atoms with Gasteiger partial charge in [0.15, 0.2) is 5.16 Å². The molecule has 0 aromatic carbocycles. The van der Waals surface area contributed by atoms with Gasteiger partial charge in [-0.3, -0.25) is 0 Å². The smallest absolute Gasteiger partial charge is 0.171 e. The third kappa shape index (κ3) is 2.58. The Hall–Kier alpha value is -1.56. The normalized spacial score (nSPS) is 11.1. The second-order valence-corrected chi connectivity index (χ2v) is 5.03. The number of hydrogen-bond donors (Lipinski definition) is 2. The van der Waals surface area contributed by atoms with Crippen LogP contribution in [0.25, 0.3) is 0 Å². The van der Waals surface area contributed by atoms with Crippen molar-refractivity contribution in [2.24, 2.45) is 0 Å². The molecule has 0 saturated heterocycles. The topological polar surface area (TPSA) is 80.5 Å². The first kappa shape index (κ1) is 11.9. The molecule has 5 nitrogen and oxygen atoms in total. The summed E-state index contributed by atoms with van der Waals surface area (Å²) >= 11 is 1.47. The Morgan fingerprint density at radius 3 is 2.71 bits per heavy atom. The van der Waals surface area contributed by atoms with Gasteiger partial charge in [0.25, 0.3) is 0 Å². The van der Waals surface area contributed by atoms with Crippen molar-refractivity contribution in [3.05, 3.63) is 23.8 Å². The van der Waals surface area contributed by atoms with Gasteiger partial charge in [0.05, 0.1) is 0 Å². The molecule has 0 aliphatic heterocycles. The highest BCUT2D eigenvalue weighted by Crippen LogP contribution is 2.29. The predicted molar refractivity (Wildman–Crippen MR) is 68.0 cm³/mol. The van der Waals surface area contributed by atoms with Crippen molar-refractivity contribution >= 4 is 17.6 Å². The molecule has 0 amide bonds. The molecule has 2 aromatic heterocycles. The molecule has 3 N–H and O–H groups in total. The molecule has 0 unspecified atom stereocenters. The summed E-state index contributed by atoms with van der Waals surface area (Å²) in [6.07, 6.45) is 3.50.